The van der Waals surface area contributed by atoms with E-state index in [9.17, 15) is 4.79 Å². The Hall–Kier alpha value is -0.840. The average molecular weight is 359 g/mol. The van der Waals surface area contributed by atoms with Crippen LogP contribution in [-0.4, -0.2) is 11.9 Å². The molecule has 2 rings (SSSR count). The van der Waals surface area contributed by atoms with Crippen LogP contribution < -0.4 is 5.32 Å². The Kier molecular flexibility index (Phi) is 5.02. The van der Waals surface area contributed by atoms with Crippen molar-refractivity contribution in [3.8, 4) is 0 Å². The number of carbonyl (C=O) groups is 1. The maximum Gasteiger partial charge on any atom is 0.253 e. The van der Waals surface area contributed by atoms with Crippen molar-refractivity contribution in [3.05, 3.63) is 55.6 Å². The number of hydrogen-bond donors (Lipinski definition) is 1. The van der Waals surface area contributed by atoms with Gasteiger partial charge in [0.1, 0.15) is 0 Å². The molecule has 0 aliphatic rings. The summed E-state index contributed by atoms with van der Waals surface area (Å²) < 4.78 is 0.841. The minimum absolute atomic E-state index is 0.0706. The molecule has 100 valence electrons. The summed E-state index contributed by atoms with van der Waals surface area (Å²) in [4.78, 5) is 13.4. The van der Waals surface area contributed by atoms with Crippen molar-refractivity contribution in [2.45, 2.75) is 19.4 Å². The lowest BCUT2D eigenvalue weighted by molar-refractivity contribution is 0.0940. The van der Waals surface area contributed by atoms with Gasteiger partial charge in [0, 0.05) is 21.8 Å². The highest BCUT2D eigenvalue weighted by Crippen LogP contribution is 2.21. The van der Waals surface area contributed by atoms with Crippen LogP contribution in [0.1, 0.15) is 22.2 Å². The first kappa shape index (κ1) is 14.6. The van der Waals surface area contributed by atoms with Crippen LogP contribution in [0.15, 0.2) is 40.2 Å². The molecule has 1 heterocycles. The van der Waals surface area contributed by atoms with Crippen LogP contribution in [0.25, 0.3) is 0 Å². The number of thiophene rings is 1. The summed E-state index contributed by atoms with van der Waals surface area (Å²) in [5.74, 6) is -0.143. The summed E-state index contributed by atoms with van der Waals surface area (Å²) >= 11 is 11.1. The molecule has 0 spiro atoms. The van der Waals surface area contributed by atoms with Crippen molar-refractivity contribution in [3.63, 3.8) is 0 Å². The Morgan fingerprint density at radius 1 is 1.47 bits per heavy atom. The van der Waals surface area contributed by atoms with Crippen molar-refractivity contribution in [1.29, 1.82) is 0 Å². The van der Waals surface area contributed by atoms with Gasteiger partial charge in [0.25, 0.3) is 5.91 Å². The smallest absolute Gasteiger partial charge is 0.253 e. The zero-order chi connectivity index (χ0) is 13.8. The molecule has 0 aliphatic heterocycles. The van der Waals surface area contributed by atoms with E-state index >= 15 is 0 Å². The number of rotatable bonds is 4. The first-order valence-electron chi connectivity index (χ1n) is 5.84. The molecule has 2 aromatic rings. The van der Waals surface area contributed by atoms with Crippen molar-refractivity contribution in [1.82, 2.24) is 5.32 Å². The molecule has 1 atom stereocenters. The van der Waals surface area contributed by atoms with E-state index in [0.29, 0.717) is 10.6 Å². The highest BCUT2D eigenvalue weighted by molar-refractivity contribution is 9.10. The minimum atomic E-state index is -0.143. The topological polar surface area (TPSA) is 29.1 Å². The maximum atomic E-state index is 12.1. The largest absolute Gasteiger partial charge is 0.349 e. The van der Waals surface area contributed by atoms with Crippen LogP contribution in [-0.2, 0) is 6.42 Å². The van der Waals surface area contributed by atoms with Gasteiger partial charge in [0.2, 0.25) is 0 Å². The van der Waals surface area contributed by atoms with Gasteiger partial charge in [0.15, 0.2) is 0 Å². The first-order valence-corrected chi connectivity index (χ1v) is 7.89. The molecule has 2 nitrogen and oxygen atoms in total. The monoisotopic (exact) mass is 357 g/mol. The van der Waals surface area contributed by atoms with Crippen molar-refractivity contribution in [2.75, 3.05) is 0 Å². The van der Waals surface area contributed by atoms with Gasteiger partial charge in [-0.3, -0.25) is 4.79 Å². The second-order valence-electron chi connectivity index (χ2n) is 4.28. The molecule has 5 heteroatoms. The molecule has 1 N–H and O–H groups in total. The number of amides is 1. The van der Waals surface area contributed by atoms with Crippen LogP contribution in [0.2, 0.25) is 5.02 Å². The summed E-state index contributed by atoms with van der Waals surface area (Å²) in [6.45, 7) is 1.99. The predicted octanol–water partition coefficient (Wildman–Crippen LogP) is 4.53. The molecule has 1 aromatic carbocycles. The fraction of sp³-hybridized carbons (Fsp3) is 0.214. The summed E-state index contributed by atoms with van der Waals surface area (Å²) in [6, 6.07) is 9.41. The SMILES string of the molecule is C[C@H](Cc1cccs1)NC(=O)c1cc(Br)ccc1Cl. The normalized spacial score (nSPS) is 12.2. The van der Waals surface area contributed by atoms with E-state index in [4.69, 9.17) is 11.6 Å². The summed E-state index contributed by atoms with van der Waals surface area (Å²) in [7, 11) is 0. The summed E-state index contributed by atoms with van der Waals surface area (Å²) in [6.07, 6.45) is 0.828. The number of hydrogen-bond acceptors (Lipinski definition) is 2. The highest BCUT2D eigenvalue weighted by Gasteiger charge is 2.14. The molecule has 0 saturated carbocycles. The molecular formula is C14H13BrClNOS. The van der Waals surface area contributed by atoms with Gasteiger partial charge in [-0.1, -0.05) is 33.6 Å². The first-order chi connectivity index (χ1) is 9.06. The summed E-state index contributed by atoms with van der Waals surface area (Å²) in [5.41, 5.74) is 0.495. The van der Waals surface area contributed by atoms with Crippen LogP contribution in [0.4, 0.5) is 0 Å². The number of halogens is 2. The van der Waals surface area contributed by atoms with Crippen LogP contribution in [0.3, 0.4) is 0 Å². The lowest BCUT2D eigenvalue weighted by atomic mass is 10.1. The van der Waals surface area contributed by atoms with E-state index in [1.165, 1.54) is 4.88 Å². The molecular weight excluding hydrogens is 346 g/mol. The van der Waals surface area contributed by atoms with Gasteiger partial charge in [-0.05, 0) is 36.6 Å². The number of nitrogens with one attached hydrogen (secondary N) is 1. The van der Waals surface area contributed by atoms with Crippen LogP contribution in [0.5, 0.6) is 0 Å². The fourth-order valence-electron chi connectivity index (χ4n) is 1.75. The predicted molar refractivity (Wildman–Crippen MR) is 84.1 cm³/mol. The van der Waals surface area contributed by atoms with Crippen LogP contribution >= 0.6 is 38.9 Å². The molecule has 0 fully saturated rings. The van der Waals surface area contributed by atoms with E-state index < -0.39 is 0 Å². The molecule has 0 bridgehead atoms. The lowest BCUT2D eigenvalue weighted by Crippen LogP contribution is -2.34. The van der Waals surface area contributed by atoms with Crippen molar-refractivity contribution >= 4 is 44.8 Å². The third-order valence-corrected chi connectivity index (χ3v) is 4.36. The van der Waals surface area contributed by atoms with E-state index in [1.54, 1.807) is 23.5 Å². The van der Waals surface area contributed by atoms with Gasteiger partial charge in [-0.15, -0.1) is 11.3 Å². The Balaban J connectivity index is 2.02. The molecule has 1 amide bonds. The second kappa shape index (κ2) is 6.55. The summed E-state index contributed by atoms with van der Waals surface area (Å²) in [5, 5.41) is 5.46. The van der Waals surface area contributed by atoms with Gasteiger partial charge in [-0.25, -0.2) is 0 Å². The minimum Gasteiger partial charge on any atom is -0.349 e. The van der Waals surface area contributed by atoms with Crippen LogP contribution in [0, 0.1) is 0 Å². The third-order valence-electron chi connectivity index (χ3n) is 2.64. The van der Waals surface area contributed by atoms with Crippen molar-refractivity contribution < 1.29 is 4.79 Å². The fourth-order valence-corrected chi connectivity index (χ4v) is 3.15. The van der Waals surface area contributed by atoms with E-state index in [2.05, 4.69) is 27.3 Å². The number of benzene rings is 1. The van der Waals surface area contributed by atoms with Gasteiger partial charge in [-0.2, -0.15) is 0 Å². The Morgan fingerprint density at radius 3 is 2.95 bits per heavy atom. The molecule has 19 heavy (non-hydrogen) atoms. The van der Waals surface area contributed by atoms with E-state index in [1.807, 2.05) is 24.4 Å². The second-order valence-corrected chi connectivity index (χ2v) is 6.64. The van der Waals surface area contributed by atoms with E-state index in [0.717, 1.165) is 10.9 Å². The molecule has 0 aliphatic carbocycles. The van der Waals surface area contributed by atoms with E-state index in [-0.39, 0.29) is 11.9 Å². The zero-order valence-electron chi connectivity index (χ0n) is 10.3. The Labute approximate surface area is 129 Å². The molecule has 0 saturated heterocycles. The highest BCUT2D eigenvalue weighted by atomic mass is 79.9. The number of carbonyl (C=O) groups excluding carboxylic acids is 1. The third kappa shape index (κ3) is 4.06. The van der Waals surface area contributed by atoms with Gasteiger partial charge >= 0.3 is 0 Å². The quantitative estimate of drug-likeness (QED) is 0.855. The standard InChI is InChI=1S/C14H13BrClNOS/c1-9(7-11-3-2-6-19-11)17-14(18)12-8-10(15)4-5-13(12)16/h2-6,8-9H,7H2,1H3,(H,17,18)/t9-/m1/s1. The molecule has 1 aromatic heterocycles. The van der Waals surface area contributed by atoms with Gasteiger partial charge in [0.05, 0.1) is 10.6 Å². The maximum absolute atomic E-state index is 12.1. The van der Waals surface area contributed by atoms with Gasteiger partial charge < -0.3 is 5.32 Å². The zero-order valence-corrected chi connectivity index (χ0v) is 13.5. The Bertz CT molecular complexity index is 571. The average Bonchev–Trinajstić information content (AvgIpc) is 2.84. The van der Waals surface area contributed by atoms with Crippen molar-refractivity contribution in [2.24, 2.45) is 0 Å². The Morgan fingerprint density at radius 2 is 2.26 bits per heavy atom. The molecule has 0 radical (unpaired) electrons. The molecule has 0 unspecified atom stereocenters. The lowest BCUT2D eigenvalue weighted by Gasteiger charge is -2.13.